The van der Waals surface area contributed by atoms with Crippen molar-refractivity contribution in [2.45, 2.75) is 6.04 Å². The van der Waals surface area contributed by atoms with E-state index in [4.69, 9.17) is 17.3 Å². The second-order valence-electron chi connectivity index (χ2n) is 4.08. The Balaban J connectivity index is 2.25. The van der Waals surface area contributed by atoms with E-state index in [-0.39, 0.29) is 17.4 Å². The number of nitrogens with one attached hydrogen (secondary N) is 1. The molecule has 0 aliphatic rings. The minimum Gasteiger partial charge on any atom is -0.377 e. The van der Waals surface area contributed by atoms with Crippen LogP contribution in [0.2, 0.25) is 5.02 Å². The summed E-state index contributed by atoms with van der Waals surface area (Å²) in [5.41, 5.74) is 6.71. The number of benzene rings is 2. The average Bonchev–Trinajstić information content (AvgIpc) is 2.42. The van der Waals surface area contributed by atoms with Crippen molar-refractivity contribution in [3.63, 3.8) is 0 Å². The Hall–Kier alpha value is -1.65. The molecule has 2 rings (SSSR count). The zero-order valence-electron chi connectivity index (χ0n) is 10.0. The molecule has 0 fully saturated rings. The lowest BCUT2D eigenvalue weighted by Crippen LogP contribution is -2.21. The third-order valence-corrected chi connectivity index (χ3v) is 3.07. The number of hydrogen-bond donors (Lipinski definition) is 2. The van der Waals surface area contributed by atoms with Crippen LogP contribution in [0.5, 0.6) is 0 Å². The topological polar surface area (TPSA) is 38.0 Å². The standard InChI is InChI=1S/C14H13ClF2N2/c15-12-3-1-2-11(14(12)17)13(8-18)19-10-6-4-9(16)5-7-10/h1-7,13,19H,8,18H2. The van der Waals surface area contributed by atoms with Crippen LogP contribution in [0.3, 0.4) is 0 Å². The van der Waals surface area contributed by atoms with Crippen LogP contribution in [-0.2, 0) is 0 Å². The van der Waals surface area contributed by atoms with E-state index in [0.717, 1.165) is 0 Å². The quantitative estimate of drug-likeness (QED) is 0.897. The van der Waals surface area contributed by atoms with Gasteiger partial charge in [-0.1, -0.05) is 23.7 Å². The van der Waals surface area contributed by atoms with Gasteiger partial charge in [0, 0.05) is 17.8 Å². The lowest BCUT2D eigenvalue weighted by molar-refractivity contribution is 0.593. The highest BCUT2D eigenvalue weighted by Crippen LogP contribution is 2.25. The Morgan fingerprint density at radius 2 is 1.79 bits per heavy atom. The zero-order chi connectivity index (χ0) is 13.8. The van der Waals surface area contributed by atoms with Crippen molar-refractivity contribution >= 4 is 17.3 Å². The van der Waals surface area contributed by atoms with E-state index < -0.39 is 11.9 Å². The highest BCUT2D eigenvalue weighted by molar-refractivity contribution is 6.30. The van der Waals surface area contributed by atoms with Gasteiger partial charge in [-0.25, -0.2) is 8.78 Å². The van der Waals surface area contributed by atoms with Crippen LogP contribution in [0, 0.1) is 11.6 Å². The summed E-state index contributed by atoms with van der Waals surface area (Å²) in [5.74, 6) is -0.821. The van der Waals surface area contributed by atoms with Crippen LogP contribution in [-0.4, -0.2) is 6.54 Å². The Morgan fingerprint density at radius 3 is 2.42 bits per heavy atom. The van der Waals surface area contributed by atoms with E-state index in [1.165, 1.54) is 18.2 Å². The molecule has 100 valence electrons. The van der Waals surface area contributed by atoms with Gasteiger partial charge in [0.2, 0.25) is 0 Å². The predicted molar refractivity (Wildman–Crippen MR) is 73.2 cm³/mol. The maximum absolute atomic E-state index is 13.9. The van der Waals surface area contributed by atoms with Crippen LogP contribution >= 0.6 is 11.6 Å². The fourth-order valence-electron chi connectivity index (χ4n) is 1.80. The molecule has 5 heteroatoms. The molecule has 2 nitrogen and oxygen atoms in total. The summed E-state index contributed by atoms with van der Waals surface area (Å²) in [7, 11) is 0. The maximum atomic E-state index is 13.9. The predicted octanol–water partition coefficient (Wildman–Crippen LogP) is 3.73. The largest absolute Gasteiger partial charge is 0.377 e. The van der Waals surface area contributed by atoms with Crippen molar-refractivity contribution in [3.8, 4) is 0 Å². The number of anilines is 1. The Kier molecular flexibility index (Phi) is 4.35. The fraction of sp³-hybridized carbons (Fsp3) is 0.143. The summed E-state index contributed by atoms with van der Waals surface area (Å²) < 4.78 is 26.7. The normalized spacial score (nSPS) is 12.2. The van der Waals surface area contributed by atoms with Gasteiger partial charge in [0.1, 0.15) is 11.6 Å². The third kappa shape index (κ3) is 3.22. The molecule has 0 saturated carbocycles. The molecular weight excluding hydrogens is 270 g/mol. The van der Waals surface area contributed by atoms with E-state index in [1.807, 2.05) is 0 Å². The van der Waals surface area contributed by atoms with E-state index in [0.29, 0.717) is 11.3 Å². The van der Waals surface area contributed by atoms with Gasteiger partial charge in [-0.3, -0.25) is 0 Å². The Bertz CT molecular complexity index is 558. The third-order valence-electron chi connectivity index (χ3n) is 2.78. The molecule has 0 aromatic heterocycles. The van der Waals surface area contributed by atoms with Gasteiger partial charge < -0.3 is 11.1 Å². The second-order valence-corrected chi connectivity index (χ2v) is 4.49. The van der Waals surface area contributed by atoms with Crippen LogP contribution in [0.15, 0.2) is 42.5 Å². The zero-order valence-corrected chi connectivity index (χ0v) is 10.8. The van der Waals surface area contributed by atoms with Gasteiger partial charge in [-0.15, -0.1) is 0 Å². The highest BCUT2D eigenvalue weighted by Gasteiger charge is 2.16. The van der Waals surface area contributed by atoms with Crippen LogP contribution in [0.1, 0.15) is 11.6 Å². The van der Waals surface area contributed by atoms with Gasteiger partial charge in [-0.2, -0.15) is 0 Å². The summed E-state index contributed by atoms with van der Waals surface area (Å²) in [6.45, 7) is 0.189. The second kappa shape index (κ2) is 5.99. The van der Waals surface area contributed by atoms with Crippen molar-refractivity contribution in [3.05, 3.63) is 64.7 Å². The minimum absolute atomic E-state index is 0.0526. The molecule has 0 radical (unpaired) electrons. The average molecular weight is 283 g/mol. The van der Waals surface area contributed by atoms with Gasteiger partial charge in [0.15, 0.2) is 0 Å². The SMILES string of the molecule is NCC(Nc1ccc(F)cc1)c1cccc(Cl)c1F. The molecule has 3 N–H and O–H groups in total. The lowest BCUT2D eigenvalue weighted by Gasteiger charge is -2.19. The van der Waals surface area contributed by atoms with Gasteiger partial charge >= 0.3 is 0 Å². The molecule has 0 aliphatic heterocycles. The highest BCUT2D eigenvalue weighted by atomic mass is 35.5. The monoisotopic (exact) mass is 282 g/mol. The molecule has 0 spiro atoms. The summed E-state index contributed by atoms with van der Waals surface area (Å²) in [5, 5.41) is 3.10. The van der Waals surface area contributed by atoms with Crippen molar-refractivity contribution in [1.29, 1.82) is 0 Å². The van der Waals surface area contributed by atoms with E-state index in [9.17, 15) is 8.78 Å². The Labute approximate surface area is 115 Å². The number of hydrogen-bond acceptors (Lipinski definition) is 2. The van der Waals surface area contributed by atoms with Crippen molar-refractivity contribution in [2.75, 3.05) is 11.9 Å². The molecule has 1 unspecified atom stereocenters. The smallest absolute Gasteiger partial charge is 0.147 e. The summed E-state index contributed by atoms with van der Waals surface area (Å²) in [6.07, 6.45) is 0. The number of nitrogens with two attached hydrogens (primary N) is 1. The van der Waals surface area contributed by atoms with Crippen molar-refractivity contribution in [1.82, 2.24) is 0 Å². The van der Waals surface area contributed by atoms with Gasteiger partial charge in [-0.05, 0) is 30.3 Å². The summed E-state index contributed by atoms with van der Waals surface area (Å²) in [6, 6.07) is 10.1. The van der Waals surface area contributed by atoms with E-state index in [2.05, 4.69) is 5.32 Å². The lowest BCUT2D eigenvalue weighted by atomic mass is 10.1. The summed E-state index contributed by atoms with van der Waals surface area (Å²) >= 11 is 5.75. The first-order valence-corrected chi connectivity index (χ1v) is 6.15. The number of rotatable bonds is 4. The first-order chi connectivity index (χ1) is 9.11. The van der Waals surface area contributed by atoms with Crippen molar-refractivity contribution in [2.24, 2.45) is 5.73 Å². The molecule has 0 saturated heterocycles. The molecule has 0 heterocycles. The molecule has 2 aromatic rings. The first kappa shape index (κ1) is 13.8. The van der Waals surface area contributed by atoms with Crippen LogP contribution in [0.4, 0.5) is 14.5 Å². The number of halogens is 3. The maximum Gasteiger partial charge on any atom is 0.147 e. The minimum atomic E-state index is -0.491. The molecule has 1 atom stereocenters. The molecule has 0 amide bonds. The molecule has 19 heavy (non-hydrogen) atoms. The van der Waals surface area contributed by atoms with Crippen LogP contribution in [0.25, 0.3) is 0 Å². The Morgan fingerprint density at radius 1 is 1.11 bits per heavy atom. The molecule has 0 aliphatic carbocycles. The van der Waals surface area contributed by atoms with E-state index in [1.54, 1.807) is 24.3 Å². The molecule has 2 aromatic carbocycles. The van der Waals surface area contributed by atoms with Crippen molar-refractivity contribution < 1.29 is 8.78 Å². The van der Waals surface area contributed by atoms with Crippen LogP contribution < -0.4 is 11.1 Å². The van der Waals surface area contributed by atoms with E-state index >= 15 is 0 Å². The molecule has 0 bridgehead atoms. The van der Waals surface area contributed by atoms with Gasteiger partial charge in [0.05, 0.1) is 11.1 Å². The summed E-state index contributed by atoms with van der Waals surface area (Å²) in [4.78, 5) is 0. The molecular formula is C14H13ClF2N2. The fourth-order valence-corrected chi connectivity index (χ4v) is 1.98. The van der Waals surface area contributed by atoms with Gasteiger partial charge in [0.25, 0.3) is 0 Å². The first-order valence-electron chi connectivity index (χ1n) is 5.78.